The van der Waals surface area contributed by atoms with Crippen LogP contribution in [-0.4, -0.2) is 42.9 Å². The van der Waals surface area contributed by atoms with Crippen LogP contribution in [0.25, 0.3) is 0 Å². The van der Waals surface area contributed by atoms with E-state index in [1.807, 2.05) is 0 Å². The molecule has 0 bridgehead atoms. The molecule has 0 radical (unpaired) electrons. The average Bonchev–Trinajstić information content (AvgIpc) is 0.918. The Morgan fingerprint density at radius 1 is 1.67 bits per heavy atom. The molecular formula is H5CaClNNaO2. The average molecular weight is 150 g/mol. The summed E-state index contributed by atoms with van der Waals surface area (Å²) >= 11 is 0. The summed E-state index contributed by atoms with van der Waals surface area (Å²) in [6.07, 6.45) is 0. The summed E-state index contributed by atoms with van der Waals surface area (Å²) in [5, 5.41) is 7.89. The fourth-order valence-corrected chi connectivity index (χ4v) is 0. The van der Waals surface area contributed by atoms with E-state index in [-0.39, 0.29) is 84.0 Å². The van der Waals surface area contributed by atoms with Crippen molar-refractivity contribution in [1.29, 1.82) is 0 Å². The van der Waals surface area contributed by atoms with Crippen molar-refractivity contribution in [3.63, 3.8) is 0 Å². The fourth-order valence-electron chi connectivity index (χ4n) is 0. The molecule has 0 aliphatic heterocycles. The number of hydrogen-bond donors (Lipinski definition) is 1. The third kappa shape index (κ3) is 38.3. The second kappa shape index (κ2) is 28.3. The Balaban J connectivity index is -0.00000000133. The van der Waals surface area contributed by atoms with Gasteiger partial charge in [-0.25, -0.2) is 0 Å². The molecule has 6 heavy (non-hydrogen) atoms. The maximum atomic E-state index is 8.11. The summed E-state index contributed by atoms with van der Waals surface area (Å²) in [6.45, 7) is 0. The molecule has 0 atom stereocenters. The largest absolute Gasteiger partial charge is 2.00 e. The minimum Gasteiger partial charge on any atom is -1.00 e. The molecule has 0 aromatic rings. The van der Waals surface area contributed by atoms with E-state index < -0.39 is 0 Å². The van der Waals surface area contributed by atoms with Crippen LogP contribution in [0, 0.1) is 4.91 Å². The number of halogens is 1. The predicted molar refractivity (Wildman–Crippen MR) is 23.9 cm³/mol. The van der Waals surface area contributed by atoms with Crippen LogP contribution in [0.3, 0.4) is 0 Å². The normalized spacial score (nSPS) is 2.00. The number of hydrogen-bond acceptors (Lipinski definition) is 2. The van der Waals surface area contributed by atoms with Crippen molar-refractivity contribution in [2.24, 2.45) is 5.34 Å². The third-order valence-electron chi connectivity index (χ3n) is 0. The molecule has 0 saturated carbocycles. The van der Waals surface area contributed by atoms with Crippen LogP contribution in [-0.2, 0) is 0 Å². The van der Waals surface area contributed by atoms with Crippen molar-refractivity contribution in [2.75, 3.05) is 0 Å². The van der Waals surface area contributed by atoms with E-state index in [1.54, 1.807) is 0 Å². The van der Waals surface area contributed by atoms with Gasteiger partial charge in [-0.05, 0) is 0 Å². The van der Waals surface area contributed by atoms with Gasteiger partial charge in [0.15, 0.2) is 5.34 Å². The SMILES string of the molecule is Cl.O=NO.[Ca+2].[H-].[H-].[H-].[Na+]. The van der Waals surface area contributed by atoms with Gasteiger partial charge in [0.1, 0.15) is 0 Å². The van der Waals surface area contributed by atoms with E-state index in [1.165, 1.54) is 5.34 Å². The summed E-state index contributed by atoms with van der Waals surface area (Å²) in [7, 11) is 0. The van der Waals surface area contributed by atoms with Gasteiger partial charge < -0.3 is 9.49 Å². The zero-order valence-electron chi connectivity index (χ0n) is 6.42. The second-order valence-corrected chi connectivity index (χ2v) is 0.0816. The molecule has 0 aliphatic carbocycles. The molecule has 0 unspecified atom stereocenters. The van der Waals surface area contributed by atoms with Crippen molar-refractivity contribution in [1.82, 2.24) is 0 Å². The van der Waals surface area contributed by atoms with Gasteiger partial charge in [-0.3, -0.25) is 0 Å². The summed E-state index contributed by atoms with van der Waals surface area (Å²) in [5.41, 5.74) is 0. The van der Waals surface area contributed by atoms with Crippen molar-refractivity contribution >= 4 is 50.1 Å². The molecule has 3 nitrogen and oxygen atoms in total. The first-order valence-corrected chi connectivity index (χ1v) is 0.383. The third-order valence-corrected chi connectivity index (χ3v) is 0. The van der Waals surface area contributed by atoms with Gasteiger partial charge in [0.2, 0.25) is 0 Å². The molecule has 0 heterocycles. The Kier molecular flexibility index (Phi) is 116. The minimum absolute atomic E-state index is 0. The number of rotatable bonds is 0. The van der Waals surface area contributed by atoms with Crippen LogP contribution in [0.1, 0.15) is 4.28 Å². The van der Waals surface area contributed by atoms with Crippen LogP contribution in [0.2, 0.25) is 0 Å². The second-order valence-electron chi connectivity index (χ2n) is 0.0816. The first-order chi connectivity index (χ1) is 1.41. The molecule has 0 amide bonds. The Bertz CT molecular complexity index is 29.3. The molecule has 0 fully saturated rings. The molecule has 0 aliphatic rings. The molecule has 0 rings (SSSR count). The molecule has 0 saturated heterocycles. The van der Waals surface area contributed by atoms with Crippen molar-refractivity contribution in [3.8, 4) is 0 Å². The van der Waals surface area contributed by atoms with Crippen LogP contribution in [0.5, 0.6) is 0 Å². The Morgan fingerprint density at radius 2 is 1.67 bits per heavy atom. The summed E-state index contributed by atoms with van der Waals surface area (Å²) in [6, 6.07) is 0. The van der Waals surface area contributed by atoms with E-state index in [9.17, 15) is 0 Å². The molecule has 0 aromatic carbocycles. The van der Waals surface area contributed by atoms with Gasteiger partial charge in [0.05, 0.1) is 0 Å². The van der Waals surface area contributed by atoms with E-state index >= 15 is 0 Å². The van der Waals surface area contributed by atoms with Gasteiger partial charge in [0.25, 0.3) is 0 Å². The standard InChI is InChI=1S/Ca.ClH.HNO2.Na.3H/c;;2-1-3;;;;/h;1H;(H,2,3);;;;/q+2;;;+1;3*-1. The molecule has 6 heteroatoms. The van der Waals surface area contributed by atoms with Gasteiger partial charge in [0, 0.05) is 0 Å². The fraction of sp³-hybridized carbons (Fsp3) is 0. The quantitative estimate of drug-likeness (QED) is 0.236. The van der Waals surface area contributed by atoms with Crippen molar-refractivity contribution in [3.05, 3.63) is 4.91 Å². The smallest absolute Gasteiger partial charge is 1.00 e. The van der Waals surface area contributed by atoms with Gasteiger partial charge >= 0.3 is 67.3 Å². The Hall–Kier alpha value is 1.95. The summed E-state index contributed by atoms with van der Waals surface area (Å²) < 4.78 is 0. The van der Waals surface area contributed by atoms with Gasteiger partial charge in [-0.1, -0.05) is 0 Å². The van der Waals surface area contributed by atoms with E-state index in [0.29, 0.717) is 0 Å². The topological polar surface area (TPSA) is 49.7 Å². The van der Waals surface area contributed by atoms with E-state index in [0.717, 1.165) is 0 Å². The minimum atomic E-state index is 0. The predicted octanol–water partition coefficient (Wildman–Crippen LogP) is -2.48. The Morgan fingerprint density at radius 3 is 1.67 bits per heavy atom. The van der Waals surface area contributed by atoms with Crippen LogP contribution in [0.4, 0.5) is 0 Å². The molecular weight excluding hydrogens is 145 g/mol. The van der Waals surface area contributed by atoms with Crippen molar-refractivity contribution in [2.45, 2.75) is 0 Å². The van der Waals surface area contributed by atoms with Gasteiger partial charge in [-0.15, -0.1) is 17.3 Å². The van der Waals surface area contributed by atoms with Crippen LogP contribution in [0.15, 0.2) is 5.34 Å². The van der Waals surface area contributed by atoms with Gasteiger partial charge in [-0.2, -0.15) is 0 Å². The Labute approximate surface area is 98.0 Å². The molecule has 0 spiro atoms. The van der Waals surface area contributed by atoms with Crippen LogP contribution >= 0.6 is 12.4 Å². The molecule has 0 aromatic heterocycles. The first-order valence-electron chi connectivity index (χ1n) is 0.383. The van der Waals surface area contributed by atoms with Crippen LogP contribution < -0.4 is 29.6 Å². The monoisotopic (exact) mass is 149 g/mol. The zero-order valence-corrected chi connectivity index (χ0v) is 8.44. The molecule has 1 N–H and O–H groups in total. The summed E-state index contributed by atoms with van der Waals surface area (Å²) in [4.78, 5) is 8.11. The van der Waals surface area contributed by atoms with Crippen molar-refractivity contribution < 1.29 is 39.0 Å². The zero-order chi connectivity index (χ0) is 2.71. The van der Waals surface area contributed by atoms with E-state index in [4.69, 9.17) is 10.1 Å². The summed E-state index contributed by atoms with van der Waals surface area (Å²) in [5.74, 6) is 0. The number of nitrogens with zero attached hydrogens (tertiary/aromatic N) is 1. The maximum Gasteiger partial charge on any atom is 2.00 e. The first kappa shape index (κ1) is 24.6. The van der Waals surface area contributed by atoms with E-state index in [2.05, 4.69) is 0 Å². The maximum absolute atomic E-state index is 8.11. The molecule has 32 valence electrons.